The van der Waals surface area contributed by atoms with Gasteiger partial charge < -0.3 is 20.9 Å². The number of carbonyl (C=O) groups excluding carboxylic acids is 1. The minimum atomic E-state index is -1.03. The highest BCUT2D eigenvalue weighted by Gasteiger charge is 2.22. The summed E-state index contributed by atoms with van der Waals surface area (Å²) in [5.41, 5.74) is 5.44. The molecule has 4 N–H and O–H groups in total. The number of unbranched alkanes of at least 4 members (excludes halogenated alkanes) is 8. The molecule has 0 saturated heterocycles. The maximum absolute atomic E-state index is 12.1. The molecule has 0 aliphatic rings. The van der Waals surface area contributed by atoms with Crippen molar-refractivity contribution in [3.05, 3.63) is 0 Å². The fourth-order valence-electron chi connectivity index (χ4n) is 3.10. The molecule has 0 aromatic heterocycles. The van der Waals surface area contributed by atoms with Crippen LogP contribution in [0.25, 0.3) is 0 Å². The summed E-state index contributed by atoms with van der Waals surface area (Å²) in [6.07, 6.45) is 13.4. The third-order valence-electron chi connectivity index (χ3n) is 4.82. The van der Waals surface area contributed by atoms with Gasteiger partial charge >= 0.3 is 12.1 Å². The molecule has 0 aromatic carbocycles. The highest BCUT2D eigenvalue weighted by Crippen LogP contribution is 2.16. The van der Waals surface area contributed by atoms with Crippen LogP contribution in [0.15, 0.2) is 0 Å². The molecule has 27 heavy (non-hydrogen) atoms. The van der Waals surface area contributed by atoms with Crippen LogP contribution in [0.4, 0.5) is 4.79 Å². The summed E-state index contributed by atoms with van der Waals surface area (Å²) >= 11 is 0. The molecule has 0 saturated carbocycles. The predicted molar refractivity (Wildman–Crippen MR) is 110 cm³/mol. The van der Waals surface area contributed by atoms with Crippen molar-refractivity contribution < 1.29 is 19.4 Å². The average Bonchev–Trinajstić information content (AvgIpc) is 2.64. The fraction of sp³-hybridized carbons (Fsp3) is 0.905. The first-order chi connectivity index (χ1) is 13.0. The van der Waals surface area contributed by atoms with E-state index in [0.717, 1.165) is 44.9 Å². The number of hydrogen-bond acceptors (Lipinski definition) is 4. The molecule has 0 bridgehead atoms. The Bertz CT molecular complexity index is 377. The molecule has 1 amide bonds. The summed E-state index contributed by atoms with van der Waals surface area (Å²) in [5.74, 6) is -1.03. The lowest BCUT2D eigenvalue weighted by molar-refractivity contribution is -0.139. The Morgan fingerprint density at radius 1 is 0.852 bits per heavy atom. The summed E-state index contributed by atoms with van der Waals surface area (Å²) in [6.45, 7) is 4.85. The summed E-state index contributed by atoms with van der Waals surface area (Å²) in [5, 5.41) is 11.8. The second-order valence-electron chi connectivity index (χ2n) is 7.40. The summed E-state index contributed by atoms with van der Waals surface area (Å²) in [4.78, 5) is 23.5. The highest BCUT2D eigenvalue weighted by molar-refractivity contribution is 5.79. The second kappa shape index (κ2) is 18.1. The lowest BCUT2D eigenvalue weighted by Gasteiger charge is -2.20. The molecule has 2 atom stereocenters. The number of alkyl carbamates (subject to hydrolysis) is 1. The van der Waals surface area contributed by atoms with Gasteiger partial charge in [0, 0.05) is 0 Å². The van der Waals surface area contributed by atoms with Crippen LogP contribution >= 0.6 is 0 Å². The molecule has 160 valence electrons. The van der Waals surface area contributed by atoms with Gasteiger partial charge in [-0.05, 0) is 45.1 Å². The van der Waals surface area contributed by atoms with E-state index < -0.39 is 18.1 Å². The van der Waals surface area contributed by atoms with Gasteiger partial charge in [0.25, 0.3) is 0 Å². The van der Waals surface area contributed by atoms with Gasteiger partial charge in [0.2, 0.25) is 0 Å². The standard InChI is InChI=1S/C21H42N2O4/c1-3-5-7-8-9-10-11-15-18(14-6-4-2)27-21(26)23-19(20(24)25)16-12-13-17-22/h18-19H,3-17,22H2,1-2H3,(H,23,26)(H,24,25)/t18?,19-/m0/s1. The zero-order chi connectivity index (χ0) is 20.3. The maximum Gasteiger partial charge on any atom is 0.408 e. The third kappa shape index (κ3) is 15.5. The van der Waals surface area contributed by atoms with E-state index in [1.807, 2.05) is 0 Å². The monoisotopic (exact) mass is 386 g/mol. The number of nitrogens with two attached hydrogens (primary N) is 1. The smallest absolute Gasteiger partial charge is 0.408 e. The summed E-state index contributed by atoms with van der Waals surface area (Å²) < 4.78 is 5.55. The van der Waals surface area contributed by atoms with Gasteiger partial charge in [0.05, 0.1) is 0 Å². The second-order valence-corrected chi connectivity index (χ2v) is 7.40. The lowest BCUT2D eigenvalue weighted by atomic mass is 10.0. The van der Waals surface area contributed by atoms with Crippen LogP contribution in [0, 0.1) is 0 Å². The van der Waals surface area contributed by atoms with Crippen LogP contribution in [0.3, 0.4) is 0 Å². The zero-order valence-corrected chi connectivity index (χ0v) is 17.5. The maximum atomic E-state index is 12.1. The van der Waals surface area contributed by atoms with Gasteiger partial charge in [-0.3, -0.25) is 0 Å². The van der Waals surface area contributed by atoms with Crippen molar-refractivity contribution >= 4 is 12.1 Å². The predicted octanol–water partition coefficient (Wildman–Crippen LogP) is 4.99. The van der Waals surface area contributed by atoms with Crippen LogP contribution in [0.1, 0.15) is 104 Å². The van der Waals surface area contributed by atoms with Crippen molar-refractivity contribution in [3.63, 3.8) is 0 Å². The van der Waals surface area contributed by atoms with Gasteiger partial charge in [0.1, 0.15) is 12.1 Å². The number of aliphatic carboxylic acids is 1. The van der Waals surface area contributed by atoms with E-state index >= 15 is 0 Å². The van der Waals surface area contributed by atoms with E-state index in [-0.39, 0.29) is 6.10 Å². The fourth-order valence-corrected chi connectivity index (χ4v) is 3.10. The van der Waals surface area contributed by atoms with Crippen LogP contribution in [0.5, 0.6) is 0 Å². The van der Waals surface area contributed by atoms with Crippen molar-refractivity contribution in [2.45, 2.75) is 116 Å². The third-order valence-corrected chi connectivity index (χ3v) is 4.82. The molecule has 6 heteroatoms. The van der Waals surface area contributed by atoms with E-state index in [1.165, 1.54) is 32.1 Å². The van der Waals surface area contributed by atoms with Crippen molar-refractivity contribution in [1.29, 1.82) is 0 Å². The Hall–Kier alpha value is -1.30. The SMILES string of the molecule is CCCCCCCCCC(CCCC)OC(=O)N[C@@H](CCCCN)C(=O)O. The van der Waals surface area contributed by atoms with Gasteiger partial charge in [-0.15, -0.1) is 0 Å². The number of ether oxygens (including phenoxy) is 1. The van der Waals surface area contributed by atoms with Crippen LogP contribution in [-0.2, 0) is 9.53 Å². The van der Waals surface area contributed by atoms with Crippen molar-refractivity contribution in [2.75, 3.05) is 6.54 Å². The summed E-state index contributed by atoms with van der Waals surface area (Å²) in [7, 11) is 0. The molecule has 0 aromatic rings. The molecule has 0 aliphatic carbocycles. The van der Waals surface area contributed by atoms with Crippen molar-refractivity contribution in [3.8, 4) is 0 Å². The van der Waals surface area contributed by atoms with E-state index in [0.29, 0.717) is 19.4 Å². The number of hydrogen-bond donors (Lipinski definition) is 3. The highest BCUT2D eigenvalue weighted by atomic mass is 16.6. The van der Waals surface area contributed by atoms with E-state index in [2.05, 4.69) is 19.2 Å². The Morgan fingerprint density at radius 2 is 1.41 bits per heavy atom. The first-order valence-electron chi connectivity index (χ1n) is 10.9. The normalized spacial score (nSPS) is 13.1. The van der Waals surface area contributed by atoms with E-state index in [4.69, 9.17) is 10.5 Å². The average molecular weight is 387 g/mol. The Balaban J connectivity index is 4.25. The first kappa shape index (κ1) is 25.7. The van der Waals surface area contributed by atoms with Gasteiger partial charge in [0.15, 0.2) is 0 Å². The molecule has 0 rings (SSSR count). The topological polar surface area (TPSA) is 102 Å². The number of rotatable bonds is 18. The van der Waals surface area contributed by atoms with Gasteiger partial charge in [-0.2, -0.15) is 0 Å². The molecule has 1 unspecified atom stereocenters. The molecule has 0 radical (unpaired) electrons. The van der Waals surface area contributed by atoms with Crippen molar-refractivity contribution in [1.82, 2.24) is 5.32 Å². The first-order valence-corrected chi connectivity index (χ1v) is 10.9. The van der Waals surface area contributed by atoms with E-state index in [9.17, 15) is 14.7 Å². The number of carboxylic acids is 1. The number of nitrogens with one attached hydrogen (secondary N) is 1. The van der Waals surface area contributed by atoms with Crippen LogP contribution in [-0.4, -0.2) is 35.9 Å². The largest absolute Gasteiger partial charge is 0.480 e. The zero-order valence-electron chi connectivity index (χ0n) is 17.5. The molecular weight excluding hydrogens is 344 g/mol. The minimum absolute atomic E-state index is 0.126. The number of amides is 1. The van der Waals surface area contributed by atoms with Gasteiger partial charge in [-0.25, -0.2) is 9.59 Å². The van der Waals surface area contributed by atoms with Crippen LogP contribution in [0.2, 0.25) is 0 Å². The van der Waals surface area contributed by atoms with Crippen LogP contribution < -0.4 is 11.1 Å². The van der Waals surface area contributed by atoms with E-state index in [1.54, 1.807) is 0 Å². The molecular formula is C21H42N2O4. The quantitative estimate of drug-likeness (QED) is 0.288. The molecule has 0 heterocycles. The Labute approximate surface area is 165 Å². The molecule has 6 nitrogen and oxygen atoms in total. The molecule has 0 spiro atoms. The Morgan fingerprint density at radius 3 is 2.00 bits per heavy atom. The van der Waals surface area contributed by atoms with Crippen molar-refractivity contribution in [2.24, 2.45) is 5.73 Å². The molecule has 0 aliphatic heterocycles. The minimum Gasteiger partial charge on any atom is -0.480 e. The Kier molecular flexibility index (Phi) is 17.2. The van der Waals surface area contributed by atoms with Gasteiger partial charge in [-0.1, -0.05) is 65.2 Å². The lowest BCUT2D eigenvalue weighted by Crippen LogP contribution is -2.42. The number of carboxylic acid groups (broad SMARTS) is 1. The molecule has 0 fully saturated rings. The summed E-state index contributed by atoms with van der Waals surface area (Å²) in [6, 6.07) is -0.908. The number of carbonyl (C=O) groups is 2.